The second kappa shape index (κ2) is 5.61. The third-order valence-corrected chi connectivity index (χ3v) is 3.64. The topological polar surface area (TPSA) is 49.4 Å². The number of carbonyl (C=O) groups is 2. The largest absolute Gasteiger partial charge is 0.353 e. The van der Waals surface area contributed by atoms with E-state index in [1.807, 2.05) is 19.9 Å². The molecule has 0 bridgehead atoms. The first-order chi connectivity index (χ1) is 9.04. The van der Waals surface area contributed by atoms with E-state index in [1.165, 1.54) is 0 Å². The summed E-state index contributed by atoms with van der Waals surface area (Å²) in [6.07, 6.45) is 0.608. The Labute approximate surface area is 117 Å². The van der Waals surface area contributed by atoms with Crippen molar-refractivity contribution in [2.45, 2.75) is 26.3 Å². The number of nitrogens with zero attached hydrogens (tertiary/aromatic N) is 1. The molecule has 1 aliphatic rings. The highest BCUT2D eigenvalue weighted by Crippen LogP contribution is 2.20. The first-order valence-corrected chi connectivity index (χ1v) is 6.77. The van der Waals surface area contributed by atoms with Gasteiger partial charge in [0.25, 0.3) is 5.91 Å². The van der Waals surface area contributed by atoms with Crippen LogP contribution in [0.5, 0.6) is 0 Å². The molecule has 4 nitrogen and oxygen atoms in total. The summed E-state index contributed by atoms with van der Waals surface area (Å²) in [6.45, 7) is 4.81. The van der Waals surface area contributed by atoms with Crippen molar-refractivity contribution in [3.05, 3.63) is 34.3 Å². The summed E-state index contributed by atoms with van der Waals surface area (Å²) in [5.41, 5.74) is 1.44. The van der Waals surface area contributed by atoms with Crippen molar-refractivity contribution in [2.75, 3.05) is 13.1 Å². The number of carbonyl (C=O) groups excluding carboxylic acids is 2. The summed E-state index contributed by atoms with van der Waals surface area (Å²) in [5.74, 6) is -0.205. The third kappa shape index (κ3) is 2.73. The molecule has 1 aromatic carbocycles. The van der Waals surface area contributed by atoms with E-state index in [4.69, 9.17) is 11.6 Å². The smallest absolute Gasteiger partial charge is 0.254 e. The number of rotatable bonds is 2. The fourth-order valence-electron chi connectivity index (χ4n) is 2.34. The van der Waals surface area contributed by atoms with Gasteiger partial charge >= 0.3 is 0 Å². The average Bonchev–Trinajstić information content (AvgIpc) is 2.40. The molecule has 0 aromatic heterocycles. The van der Waals surface area contributed by atoms with Gasteiger partial charge in [-0.3, -0.25) is 9.59 Å². The fourth-order valence-corrected chi connectivity index (χ4v) is 2.52. The zero-order chi connectivity index (χ0) is 14.0. The first-order valence-electron chi connectivity index (χ1n) is 6.39. The van der Waals surface area contributed by atoms with Gasteiger partial charge in [-0.2, -0.15) is 0 Å². The van der Waals surface area contributed by atoms with E-state index in [0.29, 0.717) is 30.1 Å². The molecule has 1 atom stereocenters. The lowest BCUT2D eigenvalue weighted by molar-refractivity contribution is -0.127. The third-order valence-electron chi connectivity index (χ3n) is 3.41. The Morgan fingerprint density at radius 2 is 2.26 bits per heavy atom. The number of benzene rings is 1. The van der Waals surface area contributed by atoms with Crippen LogP contribution in [0.1, 0.15) is 29.3 Å². The predicted molar refractivity (Wildman–Crippen MR) is 74.3 cm³/mol. The Morgan fingerprint density at radius 1 is 1.53 bits per heavy atom. The molecule has 5 heteroatoms. The van der Waals surface area contributed by atoms with Gasteiger partial charge in [0.2, 0.25) is 5.91 Å². The van der Waals surface area contributed by atoms with Gasteiger partial charge in [0.05, 0.1) is 0 Å². The van der Waals surface area contributed by atoms with Crippen LogP contribution >= 0.6 is 11.6 Å². The van der Waals surface area contributed by atoms with Crippen molar-refractivity contribution >= 4 is 23.4 Å². The summed E-state index contributed by atoms with van der Waals surface area (Å²) >= 11 is 5.95. The summed E-state index contributed by atoms with van der Waals surface area (Å²) in [5, 5.41) is 3.32. The highest BCUT2D eigenvalue weighted by Gasteiger charge is 2.32. The lowest BCUT2D eigenvalue weighted by atomic mass is 10.0. The van der Waals surface area contributed by atoms with Crippen molar-refractivity contribution in [1.29, 1.82) is 0 Å². The Bertz CT molecular complexity index is 516. The Balaban J connectivity index is 2.32. The zero-order valence-electron chi connectivity index (χ0n) is 11.1. The standard InChI is InChI=1S/C14H17ClN2O2/c1-3-12-13(18)16-6-7-17(12)14(19)11-8-10(15)5-4-9(11)2/h4-5,8,12H,3,6-7H2,1-2H3,(H,16,18). The molecule has 2 rings (SSSR count). The number of halogens is 1. The highest BCUT2D eigenvalue weighted by molar-refractivity contribution is 6.31. The summed E-state index contributed by atoms with van der Waals surface area (Å²) in [7, 11) is 0. The van der Waals surface area contributed by atoms with Gasteiger partial charge in [0.15, 0.2) is 0 Å². The van der Waals surface area contributed by atoms with Gasteiger partial charge in [-0.25, -0.2) is 0 Å². The number of amides is 2. The van der Waals surface area contributed by atoms with Crippen molar-refractivity contribution in [3.8, 4) is 0 Å². The Kier molecular flexibility index (Phi) is 4.10. The van der Waals surface area contributed by atoms with E-state index >= 15 is 0 Å². The minimum atomic E-state index is -0.389. The molecule has 1 heterocycles. The van der Waals surface area contributed by atoms with Gasteiger partial charge in [0, 0.05) is 23.7 Å². The minimum absolute atomic E-state index is 0.0817. The molecule has 0 saturated carbocycles. The quantitative estimate of drug-likeness (QED) is 0.901. The molecule has 1 aromatic rings. The molecule has 1 aliphatic heterocycles. The summed E-state index contributed by atoms with van der Waals surface area (Å²) in [6, 6.07) is 4.85. The summed E-state index contributed by atoms with van der Waals surface area (Å²) < 4.78 is 0. The van der Waals surface area contributed by atoms with Crippen LogP contribution in [0.2, 0.25) is 5.02 Å². The fraction of sp³-hybridized carbons (Fsp3) is 0.429. The van der Waals surface area contributed by atoms with Crippen molar-refractivity contribution in [1.82, 2.24) is 10.2 Å². The van der Waals surface area contributed by atoms with Crippen LogP contribution in [0.4, 0.5) is 0 Å². The van der Waals surface area contributed by atoms with Crippen LogP contribution in [0.15, 0.2) is 18.2 Å². The van der Waals surface area contributed by atoms with Crippen LogP contribution in [0.3, 0.4) is 0 Å². The number of hydrogen-bond acceptors (Lipinski definition) is 2. The normalized spacial score (nSPS) is 19.2. The molecule has 2 amide bonds. The van der Waals surface area contributed by atoms with Gasteiger partial charge < -0.3 is 10.2 Å². The molecule has 102 valence electrons. The van der Waals surface area contributed by atoms with Crippen LogP contribution < -0.4 is 5.32 Å². The van der Waals surface area contributed by atoms with E-state index in [9.17, 15) is 9.59 Å². The zero-order valence-corrected chi connectivity index (χ0v) is 11.8. The van der Waals surface area contributed by atoms with Crippen molar-refractivity contribution < 1.29 is 9.59 Å². The van der Waals surface area contributed by atoms with E-state index < -0.39 is 0 Å². The number of aryl methyl sites for hydroxylation is 1. The van der Waals surface area contributed by atoms with Crippen molar-refractivity contribution in [2.24, 2.45) is 0 Å². The van der Waals surface area contributed by atoms with Crippen LogP contribution in [-0.2, 0) is 4.79 Å². The molecule has 0 aliphatic carbocycles. The lowest BCUT2D eigenvalue weighted by Gasteiger charge is -2.34. The molecule has 0 spiro atoms. The number of piperazine rings is 1. The summed E-state index contributed by atoms with van der Waals surface area (Å²) in [4.78, 5) is 26.0. The van der Waals surface area contributed by atoms with Gasteiger partial charge in [-0.15, -0.1) is 0 Å². The monoisotopic (exact) mass is 280 g/mol. The first kappa shape index (κ1) is 13.9. The Morgan fingerprint density at radius 3 is 2.95 bits per heavy atom. The highest BCUT2D eigenvalue weighted by atomic mass is 35.5. The molecule has 1 unspecified atom stereocenters. The lowest BCUT2D eigenvalue weighted by Crippen LogP contribution is -2.57. The molecular weight excluding hydrogens is 264 g/mol. The molecule has 1 saturated heterocycles. The van der Waals surface area contributed by atoms with Gasteiger partial charge in [-0.1, -0.05) is 24.6 Å². The van der Waals surface area contributed by atoms with Crippen LogP contribution in [-0.4, -0.2) is 35.8 Å². The van der Waals surface area contributed by atoms with Gasteiger partial charge in [0.1, 0.15) is 6.04 Å². The molecular formula is C14H17ClN2O2. The van der Waals surface area contributed by atoms with Crippen molar-refractivity contribution in [3.63, 3.8) is 0 Å². The van der Waals surface area contributed by atoms with Crippen LogP contribution in [0.25, 0.3) is 0 Å². The number of hydrogen-bond donors (Lipinski definition) is 1. The number of nitrogens with one attached hydrogen (secondary N) is 1. The minimum Gasteiger partial charge on any atom is -0.353 e. The van der Waals surface area contributed by atoms with E-state index in [-0.39, 0.29) is 17.9 Å². The Hall–Kier alpha value is -1.55. The molecule has 19 heavy (non-hydrogen) atoms. The van der Waals surface area contributed by atoms with E-state index in [0.717, 1.165) is 5.56 Å². The van der Waals surface area contributed by atoms with E-state index in [2.05, 4.69) is 5.32 Å². The predicted octanol–water partition coefficient (Wildman–Crippen LogP) is 2.00. The molecule has 0 radical (unpaired) electrons. The van der Waals surface area contributed by atoms with E-state index in [1.54, 1.807) is 17.0 Å². The maximum absolute atomic E-state index is 12.6. The maximum Gasteiger partial charge on any atom is 0.254 e. The SMILES string of the molecule is CCC1C(=O)NCCN1C(=O)c1cc(Cl)ccc1C. The van der Waals surface area contributed by atoms with Crippen LogP contribution in [0, 0.1) is 6.92 Å². The second-order valence-corrected chi connectivity index (χ2v) is 5.11. The van der Waals surface area contributed by atoms with Gasteiger partial charge in [-0.05, 0) is 31.0 Å². The maximum atomic E-state index is 12.6. The molecule has 1 fully saturated rings. The average molecular weight is 281 g/mol. The second-order valence-electron chi connectivity index (χ2n) is 4.67. The molecule has 1 N–H and O–H groups in total.